The lowest BCUT2D eigenvalue weighted by Crippen LogP contribution is -2.47. The maximum Gasteiger partial charge on any atom is 0.316 e. The second-order valence-electron chi connectivity index (χ2n) is 2.48. The first-order valence-corrected chi connectivity index (χ1v) is 4.25. The molecule has 0 saturated carbocycles. The first-order valence-electron chi connectivity index (χ1n) is 3.50. The largest absolute Gasteiger partial charge is 0.326 e. The topological polar surface area (TPSA) is 40.6 Å². The molecule has 1 heterocycles. The second-order valence-corrected chi connectivity index (χ2v) is 3.13. The molecule has 7 heteroatoms. The van der Waals surface area contributed by atoms with Gasteiger partial charge in [-0.1, -0.05) is 0 Å². The number of piperazine rings is 1. The summed E-state index contributed by atoms with van der Waals surface area (Å²) in [6, 6.07) is 0. The standard InChI is InChI=1S/C6H8Cl2N2O2.ClH/c7-5(11)9-1-2-10(4-3-9)6(8)12;/h1-4H2;1H. The Morgan fingerprint density at radius 1 is 0.846 bits per heavy atom. The summed E-state index contributed by atoms with van der Waals surface area (Å²) in [5.74, 6) is 0. The number of halogens is 3. The number of carbonyl (C=O) groups excluding carboxylic acids is 2. The third kappa shape index (κ3) is 3.58. The van der Waals surface area contributed by atoms with Gasteiger partial charge in [0.2, 0.25) is 0 Å². The van der Waals surface area contributed by atoms with E-state index in [4.69, 9.17) is 23.2 Å². The van der Waals surface area contributed by atoms with Crippen LogP contribution in [-0.2, 0) is 0 Å². The minimum absolute atomic E-state index is 0. The lowest BCUT2D eigenvalue weighted by molar-refractivity contribution is 0.166. The van der Waals surface area contributed by atoms with Crippen molar-refractivity contribution in [1.82, 2.24) is 9.80 Å². The molecule has 13 heavy (non-hydrogen) atoms. The van der Waals surface area contributed by atoms with Crippen LogP contribution in [0, 0.1) is 0 Å². The minimum atomic E-state index is -0.475. The monoisotopic (exact) mass is 246 g/mol. The van der Waals surface area contributed by atoms with Gasteiger partial charge in [0.15, 0.2) is 0 Å². The van der Waals surface area contributed by atoms with Gasteiger partial charge >= 0.3 is 10.7 Å². The summed E-state index contributed by atoms with van der Waals surface area (Å²) >= 11 is 10.5. The molecule has 4 nitrogen and oxygen atoms in total. The van der Waals surface area contributed by atoms with Gasteiger partial charge in [0.1, 0.15) is 0 Å². The summed E-state index contributed by atoms with van der Waals surface area (Å²) in [5, 5.41) is -0.951. The van der Waals surface area contributed by atoms with Crippen LogP contribution in [0.2, 0.25) is 0 Å². The van der Waals surface area contributed by atoms with Crippen molar-refractivity contribution in [2.24, 2.45) is 0 Å². The Balaban J connectivity index is 0.00000144. The van der Waals surface area contributed by atoms with Gasteiger partial charge in [-0.2, -0.15) is 0 Å². The van der Waals surface area contributed by atoms with Crippen LogP contribution in [-0.4, -0.2) is 46.7 Å². The lowest BCUT2D eigenvalue weighted by Gasteiger charge is -2.31. The van der Waals surface area contributed by atoms with Crippen LogP contribution in [0.1, 0.15) is 0 Å². The van der Waals surface area contributed by atoms with E-state index >= 15 is 0 Å². The zero-order valence-electron chi connectivity index (χ0n) is 6.70. The Hall–Kier alpha value is -0.190. The van der Waals surface area contributed by atoms with E-state index in [0.717, 1.165) is 0 Å². The van der Waals surface area contributed by atoms with E-state index < -0.39 is 10.7 Å². The maximum absolute atomic E-state index is 10.6. The SMILES string of the molecule is Cl.O=C(Cl)N1CCN(C(=O)Cl)CC1. The van der Waals surface area contributed by atoms with Gasteiger partial charge in [0.25, 0.3) is 0 Å². The summed E-state index contributed by atoms with van der Waals surface area (Å²) < 4.78 is 0. The lowest BCUT2D eigenvalue weighted by atomic mass is 10.3. The van der Waals surface area contributed by atoms with Gasteiger partial charge in [-0.05, 0) is 23.2 Å². The van der Waals surface area contributed by atoms with Crippen molar-refractivity contribution in [3.8, 4) is 0 Å². The molecular formula is C6H9Cl3N2O2. The minimum Gasteiger partial charge on any atom is -0.326 e. The molecule has 0 aromatic carbocycles. The number of hydrogen-bond donors (Lipinski definition) is 0. The first kappa shape index (κ1) is 12.8. The Labute approximate surface area is 92.2 Å². The van der Waals surface area contributed by atoms with E-state index in [1.807, 2.05) is 0 Å². The van der Waals surface area contributed by atoms with Crippen molar-refractivity contribution in [1.29, 1.82) is 0 Å². The smallest absolute Gasteiger partial charge is 0.316 e. The average Bonchev–Trinajstić information content (AvgIpc) is 2.04. The molecule has 1 aliphatic heterocycles. The molecule has 76 valence electrons. The molecule has 0 unspecified atom stereocenters. The highest BCUT2D eigenvalue weighted by Gasteiger charge is 2.21. The predicted molar refractivity (Wildman–Crippen MR) is 52.9 cm³/mol. The van der Waals surface area contributed by atoms with E-state index in [2.05, 4.69) is 0 Å². The number of hydrogen-bond acceptors (Lipinski definition) is 2. The molecule has 1 aliphatic rings. The Morgan fingerprint density at radius 2 is 1.08 bits per heavy atom. The highest BCUT2D eigenvalue weighted by molar-refractivity contribution is 6.63. The van der Waals surface area contributed by atoms with Gasteiger partial charge in [0.05, 0.1) is 0 Å². The zero-order chi connectivity index (χ0) is 9.14. The summed E-state index contributed by atoms with van der Waals surface area (Å²) in [6.07, 6.45) is 0. The molecule has 0 aliphatic carbocycles. The van der Waals surface area contributed by atoms with Crippen molar-refractivity contribution >= 4 is 46.3 Å². The molecule has 1 fully saturated rings. The van der Waals surface area contributed by atoms with E-state index in [1.54, 1.807) is 0 Å². The van der Waals surface area contributed by atoms with Gasteiger partial charge in [-0.3, -0.25) is 9.59 Å². The molecule has 0 spiro atoms. The zero-order valence-corrected chi connectivity index (χ0v) is 9.03. The summed E-state index contributed by atoms with van der Waals surface area (Å²) in [6.45, 7) is 1.84. The molecule has 0 atom stereocenters. The molecule has 0 radical (unpaired) electrons. The Kier molecular flexibility index (Phi) is 5.44. The summed E-state index contributed by atoms with van der Waals surface area (Å²) in [5.41, 5.74) is 0. The molecule has 2 amide bonds. The maximum atomic E-state index is 10.6. The fraction of sp³-hybridized carbons (Fsp3) is 0.667. The Bertz CT molecular complexity index is 182. The van der Waals surface area contributed by atoms with Crippen molar-refractivity contribution in [2.45, 2.75) is 0 Å². The molecular weight excluding hydrogens is 238 g/mol. The van der Waals surface area contributed by atoms with Crippen LogP contribution < -0.4 is 0 Å². The fourth-order valence-corrected chi connectivity index (χ4v) is 1.40. The van der Waals surface area contributed by atoms with Crippen LogP contribution in [0.5, 0.6) is 0 Å². The van der Waals surface area contributed by atoms with Gasteiger partial charge in [0, 0.05) is 26.2 Å². The first-order chi connectivity index (χ1) is 5.61. The number of nitrogens with zero attached hydrogens (tertiary/aromatic N) is 2. The second kappa shape index (κ2) is 5.52. The van der Waals surface area contributed by atoms with Crippen LogP contribution in [0.3, 0.4) is 0 Å². The number of carbonyl (C=O) groups is 2. The van der Waals surface area contributed by atoms with Crippen molar-refractivity contribution in [3.63, 3.8) is 0 Å². The average molecular weight is 248 g/mol. The van der Waals surface area contributed by atoms with Crippen LogP contribution in [0.25, 0.3) is 0 Å². The molecule has 0 aromatic rings. The highest BCUT2D eigenvalue weighted by Crippen LogP contribution is 2.06. The molecule has 0 N–H and O–H groups in total. The third-order valence-electron chi connectivity index (χ3n) is 1.78. The molecule has 1 saturated heterocycles. The number of amides is 2. The number of rotatable bonds is 0. The van der Waals surface area contributed by atoms with Crippen LogP contribution in [0.4, 0.5) is 9.59 Å². The highest BCUT2D eigenvalue weighted by atomic mass is 35.5. The normalized spacial score (nSPS) is 16.5. The summed E-state index contributed by atoms with van der Waals surface area (Å²) in [7, 11) is 0. The van der Waals surface area contributed by atoms with Gasteiger partial charge < -0.3 is 9.80 Å². The van der Waals surface area contributed by atoms with E-state index in [-0.39, 0.29) is 12.4 Å². The van der Waals surface area contributed by atoms with Crippen LogP contribution >= 0.6 is 35.6 Å². The van der Waals surface area contributed by atoms with Gasteiger partial charge in [-0.25, -0.2) is 0 Å². The molecule has 0 bridgehead atoms. The van der Waals surface area contributed by atoms with Crippen LogP contribution in [0.15, 0.2) is 0 Å². The summed E-state index contributed by atoms with van der Waals surface area (Å²) in [4.78, 5) is 24.2. The quantitative estimate of drug-likeness (QED) is 0.483. The van der Waals surface area contributed by atoms with Gasteiger partial charge in [-0.15, -0.1) is 12.4 Å². The van der Waals surface area contributed by atoms with E-state index in [9.17, 15) is 9.59 Å². The fourth-order valence-electron chi connectivity index (χ4n) is 1.06. The van der Waals surface area contributed by atoms with E-state index in [1.165, 1.54) is 9.80 Å². The predicted octanol–water partition coefficient (Wildman–Crippen LogP) is 1.74. The third-order valence-corrected chi connectivity index (χ3v) is 2.26. The van der Waals surface area contributed by atoms with Crippen molar-refractivity contribution in [3.05, 3.63) is 0 Å². The van der Waals surface area contributed by atoms with Crippen molar-refractivity contribution in [2.75, 3.05) is 26.2 Å². The molecule has 0 aromatic heterocycles. The van der Waals surface area contributed by atoms with Crippen molar-refractivity contribution < 1.29 is 9.59 Å². The Morgan fingerprint density at radius 3 is 1.23 bits per heavy atom. The molecule has 1 rings (SSSR count). The van der Waals surface area contributed by atoms with E-state index in [0.29, 0.717) is 26.2 Å².